The molecule has 0 amide bonds. The van der Waals surface area contributed by atoms with Crippen molar-refractivity contribution in [2.75, 3.05) is 0 Å². The van der Waals surface area contributed by atoms with Crippen LogP contribution in [-0.4, -0.2) is 20.4 Å². The monoisotopic (exact) mass is 151 g/mol. The van der Waals surface area contributed by atoms with E-state index in [1.807, 2.05) is 20.4 Å². The van der Waals surface area contributed by atoms with Crippen LogP contribution >= 0.6 is 0 Å². The summed E-state index contributed by atoms with van der Waals surface area (Å²) in [6.07, 6.45) is 0. The molecule has 47 valence electrons. The van der Waals surface area contributed by atoms with E-state index in [1.54, 1.807) is 0 Å². The van der Waals surface area contributed by atoms with E-state index in [9.17, 15) is 0 Å². The van der Waals surface area contributed by atoms with Crippen LogP contribution in [0.5, 0.6) is 0 Å². The van der Waals surface area contributed by atoms with Crippen LogP contribution in [0.3, 0.4) is 0 Å². The Balaban J connectivity index is -0.00000000321. The summed E-state index contributed by atoms with van der Waals surface area (Å²) in [5.74, 6) is 0. The first kappa shape index (κ1) is 31.3. The van der Waals surface area contributed by atoms with Crippen molar-refractivity contribution in [2.45, 2.75) is 0 Å². The molecule has 0 aliphatic carbocycles. The molecule has 0 fully saturated rings. The third-order valence-corrected chi connectivity index (χ3v) is 0. The van der Waals surface area contributed by atoms with E-state index in [0.717, 1.165) is 0 Å². The number of carbonyl (C=O) groups is 3. The Morgan fingerprint density at radius 3 is 0.714 bits per heavy atom. The van der Waals surface area contributed by atoms with Gasteiger partial charge < -0.3 is 17.2 Å². The van der Waals surface area contributed by atoms with E-state index in [0.29, 0.717) is 0 Å². The average Bonchev–Trinajstić information content (AvgIpc) is 1.81. The summed E-state index contributed by atoms with van der Waals surface area (Å²) >= 11 is 0. The van der Waals surface area contributed by atoms with Gasteiger partial charge in [-0.25, -0.2) is 0 Å². The molecule has 0 aromatic rings. The number of rotatable bonds is 0. The molecule has 7 heavy (non-hydrogen) atoms. The van der Waals surface area contributed by atoms with Crippen LogP contribution in [0.1, 0.15) is 2.85 Å². The van der Waals surface area contributed by atoms with E-state index >= 15 is 0 Å². The molecular formula is C3H8CoO3. The summed E-state index contributed by atoms with van der Waals surface area (Å²) in [6.45, 7) is 6.00. The molecule has 0 rings (SSSR count). The summed E-state index contributed by atoms with van der Waals surface area (Å²) in [6, 6.07) is 0. The molecule has 0 aromatic heterocycles. The van der Waals surface area contributed by atoms with E-state index < -0.39 is 0 Å². The molecule has 0 bridgehead atoms. The van der Waals surface area contributed by atoms with Gasteiger partial charge in [0, 0.05) is 0 Å². The molecule has 0 unspecified atom stereocenters. The molecule has 0 aromatic carbocycles. The Morgan fingerprint density at radius 1 is 0.714 bits per heavy atom. The van der Waals surface area contributed by atoms with E-state index in [2.05, 4.69) is 0 Å². The van der Waals surface area contributed by atoms with Crippen LogP contribution in [0.15, 0.2) is 0 Å². The predicted molar refractivity (Wildman–Crippen MR) is 23.6 cm³/mol. The fourth-order valence-corrected chi connectivity index (χ4v) is 0. The van der Waals surface area contributed by atoms with Gasteiger partial charge in [-0.05, 0) is 0 Å². The quantitative estimate of drug-likeness (QED) is 0.476. The van der Waals surface area contributed by atoms with Crippen molar-refractivity contribution in [2.24, 2.45) is 0 Å². The molecular weight excluding hydrogens is 143 g/mol. The zero-order chi connectivity index (χ0) is 6.00. The minimum Gasteiger partial charge on any atom is -1.00 e. The van der Waals surface area contributed by atoms with Crippen molar-refractivity contribution in [1.29, 1.82) is 0 Å². The van der Waals surface area contributed by atoms with Gasteiger partial charge in [0.1, 0.15) is 20.4 Å². The summed E-state index contributed by atoms with van der Waals surface area (Å²) in [7, 11) is 0. The van der Waals surface area contributed by atoms with Crippen molar-refractivity contribution < 1.29 is 34.0 Å². The van der Waals surface area contributed by atoms with Gasteiger partial charge in [0.25, 0.3) is 0 Å². The standard InChI is InChI=1S/3CH2O.Co.2H/c3*1-2;;;/h3*1H2;;;/q;;;+2;2*-1. The average molecular weight is 151 g/mol. The van der Waals surface area contributed by atoms with Gasteiger partial charge in [-0.3, -0.25) is 0 Å². The molecule has 0 N–H and O–H groups in total. The third-order valence-electron chi connectivity index (χ3n) is 0. The summed E-state index contributed by atoms with van der Waals surface area (Å²) in [4.78, 5) is 24.0. The van der Waals surface area contributed by atoms with E-state index in [-0.39, 0.29) is 19.6 Å². The fraction of sp³-hybridized carbons (Fsp3) is 0. The minimum absolute atomic E-state index is 0. The molecule has 0 heterocycles. The van der Waals surface area contributed by atoms with Crippen molar-refractivity contribution in [1.82, 2.24) is 0 Å². The maximum atomic E-state index is 8.00. The van der Waals surface area contributed by atoms with Crippen molar-refractivity contribution in [3.63, 3.8) is 0 Å². The molecule has 0 saturated carbocycles. The maximum Gasteiger partial charge on any atom is 2.00 e. The van der Waals surface area contributed by atoms with Crippen LogP contribution in [-0.2, 0) is 31.2 Å². The Hall–Kier alpha value is -0.484. The second-order valence-corrected chi connectivity index (χ2v) is 0. The zero-order valence-corrected chi connectivity index (χ0v) is 4.72. The van der Waals surface area contributed by atoms with Crippen LogP contribution in [0, 0.1) is 0 Å². The SMILES string of the molecule is C=O.C=O.C=O.[Co+2].[H-].[H-]. The van der Waals surface area contributed by atoms with Gasteiger partial charge in [-0.2, -0.15) is 0 Å². The topological polar surface area (TPSA) is 51.2 Å². The maximum absolute atomic E-state index is 8.00. The molecule has 0 saturated heterocycles. The fourth-order valence-electron chi connectivity index (χ4n) is 0. The number of hydrogen-bond acceptors (Lipinski definition) is 3. The molecule has 0 atom stereocenters. The molecule has 4 heteroatoms. The second kappa shape index (κ2) is 481. The van der Waals surface area contributed by atoms with Gasteiger partial charge in [0.05, 0.1) is 0 Å². The first-order chi connectivity index (χ1) is 3.00. The Bertz CT molecular complexity index is 21.8. The van der Waals surface area contributed by atoms with Gasteiger partial charge >= 0.3 is 16.8 Å². The van der Waals surface area contributed by atoms with E-state index in [4.69, 9.17) is 14.4 Å². The minimum atomic E-state index is 0. The molecule has 0 aliphatic heterocycles. The Labute approximate surface area is 55.3 Å². The predicted octanol–water partition coefficient (Wildman–Crippen LogP) is -0.332. The van der Waals surface area contributed by atoms with Gasteiger partial charge in [-0.15, -0.1) is 0 Å². The van der Waals surface area contributed by atoms with Gasteiger partial charge in [-0.1, -0.05) is 0 Å². The molecule has 0 spiro atoms. The van der Waals surface area contributed by atoms with Crippen LogP contribution < -0.4 is 0 Å². The van der Waals surface area contributed by atoms with Crippen LogP contribution in [0.4, 0.5) is 0 Å². The summed E-state index contributed by atoms with van der Waals surface area (Å²) < 4.78 is 0. The van der Waals surface area contributed by atoms with Crippen molar-refractivity contribution in [3.8, 4) is 0 Å². The number of carbonyl (C=O) groups excluding carboxylic acids is 3. The second-order valence-electron chi connectivity index (χ2n) is 0. The molecule has 3 nitrogen and oxygen atoms in total. The summed E-state index contributed by atoms with van der Waals surface area (Å²) in [5.41, 5.74) is 0. The van der Waals surface area contributed by atoms with Crippen LogP contribution in [0.2, 0.25) is 0 Å². The number of hydrogen-bond donors (Lipinski definition) is 0. The van der Waals surface area contributed by atoms with Crippen LogP contribution in [0.25, 0.3) is 0 Å². The zero-order valence-electron chi connectivity index (χ0n) is 5.68. The molecule has 1 radical (unpaired) electrons. The van der Waals surface area contributed by atoms with E-state index in [1.165, 1.54) is 0 Å². The largest absolute Gasteiger partial charge is 2.00 e. The Kier molecular flexibility index (Phi) is 2150. The third kappa shape index (κ3) is 292. The first-order valence-electron chi connectivity index (χ1n) is 0.866. The molecule has 0 aliphatic rings. The normalized spacial score (nSPS) is 1.71. The van der Waals surface area contributed by atoms with Gasteiger partial charge in [0.15, 0.2) is 0 Å². The summed E-state index contributed by atoms with van der Waals surface area (Å²) in [5, 5.41) is 0. The van der Waals surface area contributed by atoms with Crippen molar-refractivity contribution >= 4 is 20.4 Å². The smallest absolute Gasteiger partial charge is 1.00 e. The Morgan fingerprint density at radius 2 is 0.714 bits per heavy atom. The van der Waals surface area contributed by atoms with Gasteiger partial charge in [0.2, 0.25) is 0 Å². The van der Waals surface area contributed by atoms with Crippen molar-refractivity contribution in [3.05, 3.63) is 0 Å². The first-order valence-corrected chi connectivity index (χ1v) is 0.866.